The Hall–Kier alpha value is -0.820. The van der Waals surface area contributed by atoms with E-state index in [-0.39, 0.29) is 0 Å². The van der Waals surface area contributed by atoms with Gasteiger partial charge in [0.2, 0.25) is 0 Å². The summed E-state index contributed by atoms with van der Waals surface area (Å²) in [4.78, 5) is 11.6. The first-order chi connectivity index (χ1) is 6.66. The van der Waals surface area contributed by atoms with Crippen LogP contribution in [0.15, 0.2) is 24.3 Å². The highest BCUT2D eigenvalue weighted by Crippen LogP contribution is 2.39. The summed E-state index contributed by atoms with van der Waals surface area (Å²) in [5.41, 5.74) is 1.07. The lowest BCUT2D eigenvalue weighted by Crippen LogP contribution is -2.05. The number of Topliss-reactive ketones (excluding diaryl/α,β-unsaturated/α-hetero) is 1. The second kappa shape index (κ2) is 3.74. The van der Waals surface area contributed by atoms with Crippen molar-refractivity contribution in [3.05, 3.63) is 34.9 Å². The smallest absolute Gasteiger partial charge is 0.140 e. The van der Waals surface area contributed by atoms with Crippen LogP contribution in [-0.4, -0.2) is 5.78 Å². The van der Waals surface area contributed by atoms with Gasteiger partial charge in [-0.15, -0.1) is 0 Å². The van der Waals surface area contributed by atoms with Crippen LogP contribution >= 0.6 is 11.6 Å². The number of hydrogen-bond donors (Lipinski definition) is 0. The molecule has 0 radical (unpaired) electrons. The molecule has 1 nitrogen and oxygen atoms in total. The minimum absolute atomic E-state index is 0.325. The monoisotopic (exact) mass is 208 g/mol. The summed E-state index contributed by atoms with van der Waals surface area (Å²) in [6, 6.07) is 7.52. The lowest BCUT2D eigenvalue weighted by molar-refractivity contribution is -0.119. The second-order valence-corrected chi connectivity index (χ2v) is 4.53. The molecule has 1 saturated carbocycles. The van der Waals surface area contributed by atoms with E-state index in [0.29, 0.717) is 24.0 Å². The molecule has 2 unspecified atom stereocenters. The lowest BCUT2D eigenvalue weighted by Gasteiger charge is -1.99. The third-order valence-electron chi connectivity index (χ3n) is 2.81. The molecule has 1 aromatic carbocycles. The van der Waals surface area contributed by atoms with Gasteiger partial charge in [0.05, 0.1) is 0 Å². The topological polar surface area (TPSA) is 17.1 Å². The summed E-state index contributed by atoms with van der Waals surface area (Å²) in [5, 5.41) is 0.723. The lowest BCUT2D eigenvalue weighted by atomic mass is 10.1. The highest BCUT2D eigenvalue weighted by atomic mass is 35.5. The van der Waals surface area contributed by atoms with Crippen LogP contribution in [0.5, 0.6) is 0 Å². The van der Waals surface area contributed by atoms with Crippen LogP contribution in [0.1, 0.15) is 18.9 Å². The zero-order chi connectivity index (χ0) is 10.1. The molecular weight excluding hydrogens is 196 g/mol. The van der Waals surface area contributed by atoms with Crippen molar-refractivity contribution in [2.24, 2.45) is 11.8 Å². The molecule has 2 atom stereocenters. The fraction of sp³-hybridized carbons (Fsp3) is 0.417. The first kappa shape index (κ1) is 9.72. The van der Waals surface area contributed by atoms with Gasteiger partial charge in [0.25, 0.3) is 0 Å². The summed E-state index contributed by atoms with van der Waals surface area (Å²) in [7, 11) is 0. The Morgan fingerprint density at radius 2 is 2.00 bits per heavy atom. The van der Waals surface area contributed by atoms with E-state index in [1.54, 1.807) is 0 Å². The van der Waals surface area contributed by atoms with Gasteiger partial charge in [-0.05, 0) is 30.0 Å². The van der Waals surface area contributed by atoms with Gasteiger partial charge in [0.15, 0.2) is 0 Å². The van der Waals surface area contributed by atoms with Gasteiger partial charge in [-0.3, -0.25) is 4.79 Å². The maximum absolute atomic E-state index is 11.6. The molecule has 0 bridgehead atoms. The second-order valence-electron chi connectivity index (χ2n) is 4.09. The predicted octanol–water partition coefficient (Wildman–Crippen LogP) is 3.11. The highest BCUT2D eigenvalue weighted by molar-refractivity contribution is 6.30. The molecule has 1 fully saturated rings. The predicted molar refractivity (Wildman–Crippen MR) is 57.4 cm³/mol. The van der Waals surface area contributed by atoms with E-state index < -0.39 is 0 Å². The molecule has 0 aromatic heterocycles. The Bertz CT molecular complexity index is 342. The van der Waals surface area contributed by atoms with Crippen molar-refractivity contribution < 1.29 is 4.79 Å². The number of benzene rings is 1. The average molecular weight is 209 g/mol. The largest absolute Gasteiger partial charge is 0.299 e. The average Bonchev–Trinajstić information content (AvgIpc) is 2.87. The van der Waals surface area contributed by atoms with Crippen molar-refractivity contribution in [2.75, 3.05) is 0 Å². The Morgan fingerprint density at radius 3 is 2.50 bits per heavy atom. The SMILES string of the molecule is CC1CC1C(=O)Cc1ccc(Cl)cc1. The molecule has 0 N–H and O–H groups in total. The van der Waals surface area contributed by atoms with Crippen LogP contribution < -0.4 is 0 Å². The van der Waals surface area contributed by atoms with E-state index in [2.05, 4.69) is 6.92 Å². The van der Waals surface area contributed by atoms with E-state index in [1.165, 1.54) is 0 Å². The van der Waals surface area contributed by atoms with Gasteiger partial charge in [-0.25, -0.2) is 0 Å². The Kier molecular flexibility index (Phi) is 2.60. The van der Waals surface area contributed by atoms with Gasteiger partial charge >= 0.3 is 0 Å². The standard InChI is InChI=1S/C12H13ClO/c1-8-6-11(8)12(14)7-9-2-4-10(13)5-3-9/h2-5,8,11H,6-7H2,1H3. The molecule has 14 heavy (non-hydrogen) atoms. The number of halogens is 1. The Labute approximate surface area is 89.1 Å². The molecule has 0 amide bonds. The molecule has 0 heterocycles. The van der Waals surface area contributed by atoms with E-state index in [4.69, 9.17) is 11.6 Å². The quantitative estimate of drug-likeness (QED) is 0.746. The molecule has 0 saturated heterocycles. The maximum atomic E-state index is 11.6. The van der Waals surface area contributed by atoms with Gasteiger partial charge < -0.3 is 0 Å². The fourth-order valence-electron chi connectivity index (χ4n) is 1.71. The third-order valence-corrected chi connectivity index (χ3v) is 3.07. The maximum Gasteiger partial charge on any atom is 0.140 e. The molecule has 1 aromatic rings. The third kappa shape index (κ3) is 2.16. The van der Waals surface area contributed by atoms with Crippen LogP contribution in [0, 0.1) is 11.8 Å². The summed E-state index contributed by atoms with van der Waals surface area (Å²) >= 11 is 5.76. The number of carbonyl (C=O) groups is 1. The van der Waals surface area contributed by atoms with Crippen molar-refractivity contribution in [3.8, 4) is 0 Å². The zero-order valence-corrected chi connectivity index (χ0v) is 8.92. The molecule has 2 heteroatoms. The normalized spacial score (nSPS) is 24.7. The molecule has 2 rings (SSSR count). The number of rotatable bonds is 3. The highest BCUT2D eigenvalue weighted by Gasteiger charge is 2.38. The van der Waals surface area contributed by atoms with Crippen LogP contribution in [0.2, 0.25) is 5.02 Å². The minimum Gasteiger partial charge on any atom is -0.299 e. The summed E-state index contributed by atoms with van der Waals surface area (Å²) < 4.78 is 0. The molecule has 0 spiro atoms. The first-order valence-electron chi connectivity index (χ1n) is 4.94. The Morgan fingerprint density at radius 1 is 1.43 bits per heavy atom. The van der Waals surface area contributed by atoms with Crippen molar-refractivity contribution in [1.82, 2.24) is 0 Å². The summed E-state index contributed by atoms with van der Waals surface area (Å²) in [5.74, 6) is 1.31. The van der Waals surface area contributed by atoms with E-state index in [1.807, 2.05) is 24.3 Å². The van der Waals surface area contributed by atoms with E-state index in [0.717, 1.165) is 17.0 Å². The molecule has 0 aliphatic heterocycles. The number of hydrogen-bond acceptors (Lipinski definition) is 1. The van der Waals surface area contributed by atoms with E-state index >= 15 is 0 Å². The van der Waals surface area contributed by atoms with Gasteiger partial charge in [0.1, 0.15) is 5.78 Å². The zero-order valence-electron chi connectivity index (χ0n) is 8.16. The fourth-order valence-corrected chi connectivity index (χ4v) is 1.83. The van der Waals surface area contributed by atoms with Crippen LogP contribution in [0.25, 0.3) is 0 Å². The van der Waals surface area contributed by atoms with Gasteiger partial charge in [-0.1, -0.05) is 30.7 Å². The van der Waals surface area contributed by atoms with Crippen LogP contribution in [-0.2, 0) is 11.2 Å². The molecule has 74 valence electrons. The van der Waals surface area contributed by atoms with Crippen molar-refractivity contribution in [3.63, 3.8) is 0 Å². The van der Waals surface area contributed by atoms with E-state index in [9.17, 15) is 4.79 Å². The molecular formula is C12H13ClO. The first-order valence-corrected chi connectivity index (χ1v) is 5.32. The summed E-state index contributed by atoms with van der Waals surface area (Å²) in [6.45, 7) is 2.13. The van der Waals surface area contributed by atoms with Crippen molar-refractivity contribution in [2.45, 2.75) is 19.8 Å². The van der Waals surface area contributed by atoms with Crippen molar-refractivity contribution in [1.29, 1.82) is 0 Å². The van der Waals surface area contributed by atoms with Gasteiger partial charge in [0, 0.05) is 17.4 Å². The summed E-state index contributed by atoms with van der Waals surface area (Å²) in [6.07, 6.45) is 1.64. The minimum atomic E-state index is 0.325. The number of carbonyl (C=O) groups excluding carboxylic acids is 1. The van der Waals surface area contributed by atoms with Crippen LogP contribution in [0.3, 0.4) is 0 Å². The van der Waals surface area contributed by atoms with Crippen LogP contribution in [0.4, 0.5) is 0 Å². The molecule has 1 aliphatic rings. The Balaban J connectivity index is 1.97. The van der Waals surface area contributed by atoms with Crippen molar-refractivity contribution >= 4 is 17.4 Å². The van der Waals surface area contributed by atoms with Gasteiger partial charge in [-0.2, -0.15) is 0 Å². The number of ketones is 1. The molecule has 1 aliphatic carbocycles.